The third-order valence-corrected chi connectivity index (χ3v) is 5.56. The zero-order valence-electron chi connectivity index (χ0n) is 13.7. The summed E-state index contributed by atoms with van der Waals surface area (Å²) in [7, 11) is 1.48. The fraction of sp³-hybridized carbons (Fsp3) is 0.706. The largest absolute Gasteiger partial charge is 0.490 e. The highest BCUT2D eigenvalue weighted by Crippen LogP contribution is 2.55. The van der Waals surface area contributed by atoms with Gasteiger partial charge in [0.25, 0.3) is 5.56 Å². The maximum absolute atomic E-state index is 12.8. The van der Waals surface area contributed by atoms with Gasteiger partial charge in [0.1, 0.15) is 19.5 Å². The van der Waals surface area contributed by atoms with Crippen molar-refractivity contribution in [1.29, 1.82) is 0 Å². The van der Waals surface area contributed by atoms with Crippen LogP contribution in [0.1, 0.15) is 45.1 Å². The first-order valence-electron chi connectivity index (χ1n) is 7.99. The minimum atomic E-state index is -0.578. The average Bonchev–Trinajstić information content (AvgIpc) is 2.56. The second-order valence-electron chi connectivity index (χ2n) is 7.24. The smallest absolute Gasteiger partial charge is 0.290 e. The Morgan fingerprint density at radius 1 is 1.45 bits per heavy atom. The molecule has 5 heteroatoms. The number of aromatic nitrogens is 1. The number of rotatable bonds is 1. The van der Waals surface area contributed by atoms with Crippen molar-refractivity contribution in [3.05, 3.63) is 28.2 Å². The zero-order chi connectivity index (χ0) is 16.1. The molecule has 0 radical (unpaired) electrons. The first-order valence-corrected chi connectivity index (χ1v) is 7.99. The van der Waals surface area contributed by atoms with Gasteiger partial charge in [-0.1, -0.05) is 20.8 Å². The highest BCUT2D eigenvalue weighted by molar-refractivity contribution is 5.38. The van der Waals surface area contributed by atoms with Gasteiger partial charge in [0.15, 0.2) is 0 Å². The SMILES string of the molecule is COn1ccc2c(c1=O)[C@@H]1[C@@H](C)C[C@@H](C)C[C@@]1(C)[C@@H](O)CO2. The Labute approximate surface area is 130 Å². The topological polar surface area (TPSA) is 60.7 Å². The summed E-state index contributed by atoms with van der Waals surface area (Å²) in [5, 5.41) is 10.7. The standard InChI is InChI=1S/C17H25NO4/c1-10-7-11(2)15-14-12(5-6-18(21-4)16(14)20)22-9-13(19)17(15,3)8-10/h5-6,10-11,13,15,19H,7-9H2,1-4H3/t10-,11+,13+,15+,17+/m1/s1. The number of fused-ring (bicyclic) bond motifs is 3. The van der Waals surface area contributed by atoms with Crippen LogP contribution in [0.5, 0.6) is 5.75 Å². The normalized spacial score (nSPS) is 37.5. The van der Waals surface area contributed by atoms with Gasteiger partial charge in [-0.3, -0.25) is 4.79 Å². The molecular weight excluding hydrogens is 282 g/mol. The van der Waals surface area contributed by atoms with E-state index in [0.29, 0.717) is 23.1 Å². The van der Waals surface area contributed by atoms with Gasteiger partial charge in [-0.15, -0.1) is 0 Å². The quantitative estimate of drug-likeness (QED) is 0.859. The van der Waals surface area contributed by atoms with Crippen molar-refractivity contribution in [2.75, 3.05) is 13.7 Å². The molecule has 122 valence electrons. The first kappa shape index (κ1) is 15.4. The van der Waals surface area contributed by atoms with Crippen LogP contribution in [0.25, 0.3) is 0 Å². The van der Waals surface area contributed by atoms with Gasteiger partial charge in [0, 0.05) is 17.4 Å². The van der Waals surface area contributed by atoms with E-state index in [1.807, 2.05) is 0 Å². The Morgan fingerprint density at radius 3 is 2.86 bits per heavy atom. The van der Waals surface area contributed by atoms with E-state index in [4.69, 9.17) is 9.57 Å². The van der Waals surface area contributed by atoms with Crippen molar-refractivity contribution in [3.63, 3.8) is 0 Å². The fourth-order valence-corrected chi connectivity index (χ4v) is 4.77. The van der Waals surface area contributed by atoms with Gasteiger partial charge >= 0.3 is 0 Å². The Hall–Kier alpha value is -1.49. The van der Waals surface area contributed by atoms with Crippen LogP contribution >= 0.6 is 0 Å². The summed E-state index contributed by atoms with van der Waals surface area (Å²) in [6.45, 7) is 6.71. The molecule has 1 saturated carbocycles. The highest BCUT2D eigenvalue weighted by Gasteiger charge is 2.51. The Bertz CT molecular complexity index is 626. The molecule has 2 heterocycles. The van der Waals surface area contributed by atoms with E-state index in [1.165, 1.54) is 11.8 Å². The average molecular weight is 307 g/mol. The molecule has 1 aliphatic carbocycles. The van der Waals surface area contributed by atoms with E-state index in [1.54, 1.807) is 12.3 Å². The van der Waals surface area contributed by atoms with E-state index in [2.05, 4.69) is 20.8 Å². The highest BCUT2D eigenvalue weighted by atomic mass is 16.6. The molecule has 0 spiro atoms. The number of hydrogen-bond acceptors (Lipinski definition) is 4. The summed E-state index contributed by atoms with van der Waals surface area (Å²) in [5.74, 6) is 1.41. The summed E-state index contributed by atoms with van der Waals surface area (Å²) in [5.41, 5.74) is 0.128. The molecule has 0 unspecified atom stereocenters. The van der Waals surface area contributed by atoms with E-state index >= 15 is 0 Å². The van der Waals surface area contributed by atoms with Crippen molar-refractivity contribution < 1.29 is 14.7 Å². The third-order valence-electron chi connectivity index (χ3n) is 5.56. The van der Waals surface area contributed by atoms with Crippen molar-refractivity contribution in [2.45, 2.75) is 45.6 Å². The summed E-state index contributed by atoms with van der Waals surface area (Å²) < 4.78 is 7.00. The fourth-order valence-electron chi connectivity index (χ4n) is 4.77. The van der Waals surface area contributed by atoms with Gasteiger partial charge in [0.05, 0.1) is 17.9 Å². The lowest BCUT2D eigenvalue weighted by atomic mass is 9.56. The van der Waals surface area contributed by atoms with Crippen LogP contribution in [0, 0.1) is 17.3 Å². The van der Waals surface area contributed by atoms with Crippen molar-refractivity contribution in [1.82, 2.24) is 4.73 Å². The lowest BCUT2D eigenvalue weighted by Gasteiger charge is -2.48. The Kier molecular flexibility index (Phi) is 3.71. The lowest BCUT2D eigenvalue weighted by Crippen LogP contribution is -2.47. The molecule has 1 aromatic rings. The number of pyridine rings is 1. The molecular formula is C17H25NO4. The third kappa shape index (κ3) is 2.14. The van der Waals surface area contributed by atoms with Crippen LogP contribution in [0.4, 0.5) is 0 Å². The number of ether oxygens (including phenoxy) is 1. The minimum absolute atomic E-state index is 0.0219. The van der Waals surface area contributed by atoms with Crippen molar-refractivity contribution >= 4 is 0 Å². The summed E-state index contributed by atoms with van der Waals surface area (Å²) in [4.78, 5) is 17.9. The molecule has 1 N–H and O–H groups in total. The Balaban J connectivity index is 2.22. The second kappa shape index (κ2) is 5.30. The Morgan fingerprint density at radius 2 is 2.18 bits per heavy atom. The van der Waals surface area contributed by atoms with Gasteiger partial charge < -0.3 is 14.7 Å². The molecule has 5 nitrogen and oxygen atoms in total. The van der Waals surface area contributed by atoms with Crippen molar-refractivity contribution in [3.8, 4) is 5.75 Å². The van der Waals surface area contributed by atoms with Crippen LogP contribution in [0.3, 0.4) is 0 Å². The van der Waals surface area contributed by atoms with E-state index in [0.717, 1.165) is 12.8 Å². The molecule has 2 aliphatic rings. The molecule has 0 saturated heterocycles. The molecule has 1 aliphatic heterocycles. The number of hydrogen-bond donors (Lipinski definition) is 1. The number of aliphatic hydroxyl groups is 1. The van der Waals surface area contributed by atoms with Crippen LogP contribution in [-0.2, 0) is 0 Å². The van der Waals surface area contributed by atoms with Crippen LogP contribution < -0.4 is 15.1 Å². The second-order valence-corrected chi connectivity index (χ2v) is 7.24. The molecule has 5 atom stereocenters. The maximum Gasteiger partial charge on any atom is 0.290 e. The molecule has 1 aromatic heterocycles. The first-order chi connectivity index (χ1) is 10.4. The van der Waals surface area contributed by atoms with E-state index in [-0.39, 0.29) is 23.5 Å². The number of aliphatic hydroxyl groups excluding tert-OH is 1. The van der Waals surface area contributed by atoms with Gasteiger partial charge in [-0.2, -0.15) is 4.73 Å². The number of nitrogens with zero attached hydrogens (tertiary/aromatic N) is 1. The molecule has 22 heavy (non-hydrogen) atoms. The minimum Gasteiger partial charge on any atom is -0.490 e. The summed E-state index contributed by atoms with van der Waals surface area (Å²) >= 11 is 0. The molecule has 0 bridgehead atoms. The van der Waals surface area contributed by atoms with Crippen molar-refractivity contribution in [2.24, 2.45) is 17.3 Å². The monoisotopic (exact) mass is 307 g/mol. The van der Waals surface area contributed by atoms with Gasteiger partial charge in [-0.05, 0) is 24.7 Å². The summed E-state index contributed by atoms with van der Waals surface area (Å²) in [6, 6.07) is 1.77. The predicted octanol–water partition coefficient (Wildman–Crippen LogP) is 1.82. The lowest BCUT2D eigenvalue weighted by molar-refractivity contribution is -0.0503. The predicted molar refractivity (Wildman–Crippen MR) is 83.1 cm³/mol. The van der Waals surface area contributed by atoms with Crippen LogP contribution in [0.2, 0.25) is 0 Å². The van der Waals surface area contributed by atoms with Gasteiger partial charge in [0.2, 0.25) is 0 Å². The maximum atomic E-state index is 12.8. The molecule has 0 amide bonds. The van der Waals surface area contributed by atoms with E-state index < -0.39 is 6.10 Å². The van der Waals surface area contributed by atoms with Gasteiger partial charge in [-0.25, -0.2) is 0 Å². The summed E-state index contributed by atoms with van der Waals surface area (Å²) in [6.07, 6.45) is 2.94. The van der Waals surface area contributed by atoms with Crippen LogP contribution in [-0.4, -0.2) is 29.7 Å². The van der Waals surface area contributed by atoms with E-state index in [9.17, 15) is 9.90 Å². The molecule has 0 aromatic carbocycles. The van der Waals surface area contributed by atoms with Crippen LogP contribution in [0.15, 0.2) is 17.1 Å². The molecule has 3 rings (SSSR count). The molecule has 1 fully saturated rings. The zero-order valence-corrected chi connectivity index (χ0v) is 13.7.